The molecule has 2 aromatic heterocycles. The number of hydrogen-bond donors (Lipinski definition) is 2. The van der Waals surface area contributed by atoms with E-state index in [4.69, 9.17) is 4.98 Å². The molecular weight excluding hydrogens is 464 g/mol. The van der Waals surface area contributed by atoms with Crippen molar-refractivity contribution in [2.24, 2.45) is 0 Å². The first kappa shape index (κ1) is 25.0. The van der Waals surface area contributed by atoms with Crippen LogP contribution in [0.5, 0.6) is 0 Å². The van der Waals surface area contributed by atoms with Gasteiger partial charge in [-0.3, -0.25) is 24.5 Å². The molecule has 0 aliphatic carbocycles. The van der Waals surface area contributed by atoms with Crippen LogP contribution < -0.4 is 10.6 Å². The number of carbonyl (C=O) groups excluding carboxylic acids is 1. The van der Waals surface area contributed by atoms with Crippen molar-refractivity contribution in [3.8, 4) is 11.3 Å². The molecule has 0 unspecified atom stereocenters. The van der Waals surface area contributed by atoms with Crippen LogP contribution in [0.4, 0.5) is 11.6 Å². The van der Waals surface area contributed by atoms with Crippen LogP contribution in [0, 0.1) is 0 Å². The van der Waals surface area contributed by atoms with Crippen LogP contribution in [-0.4, -0.2) is 87.9 Å². The Morgan fingerprint density at radius 1 is 0.946 bits per heavy atom. The van der Waals surface area contributed by atoms with E-state index in [0.717, 1.165) is 68.5 Å². The number of hydrogen-bond acceptors (Lipinski definition) is 8. The Balaban J connectivity index is 1.38. The number of benzene rings is 1. The van der Waals surface area contributed by atoms with Gasteiger partial charge in [0.2, 0.25) is 11.9 Å². The number of anilines is 2. The van der Waals surface area contributed by atoms with E-state index in [-0.39, 0.29) is 5.91 Å². The van der Waals surface area contributed by atoms with Crippen LogP contribution >= 0.6 is 0 Å². The number of carbonyl (C=O) groups is 1. The maximum Gasteiger partial charge on any atom is 0.234 e. The first-order chi connectivity index (χ1) is 18.1. The second-order valence-corrected chi connectivity index (χ2v) is 9.56. The number of amides is 1. The molecular formula is C28H34N8O. The molecule has 0 atom stereocenters. The predicted molar refractivity (Wildman–Crippen MR) is 145 cm³/mol. The molecule has 9 nitrogen and oxygen atoms in total. The maximum absolute atomic E-state index is 12.6. The van der Waals surface area contributed by atoms with Crippen LogP contribution in [0.25, 0.3) is 11.3 Å². The Kier molecular flexibility index (Phi) is 8.15. The quantitative estimate of drug-likeness (QED) is 0.521. The monoisotopic (exact) mass is 498 g/mol. The summed E-state index contributed by atoms with van der Waals surface area (Å²) in [5.41, 5.74) is 4.89. The first-order valence-corrected chi connectivity index (χ1v) is 12.8. The molecule has 1 aromatic carbocycles. The minimum Gasteiger partial charge on any atom is -0.354 e. The van der Waals surface area contributed by atoms with Gasteiger partial charge in [0.05, 0.1) is 17.9 Å². The molecule has 192 valence electrons. The van der Waals surface area contributed by atoms with Crippen LogP contribution in [0.1, 0.15) is 11.3 Å². The molecule has 1 amide bonds. The molecule has 37 heavy (non-hydrogen) atoms. The van der Waals surface area contributed by atoms with E-state index < -0.39 is 0 Å². The van der Waals surface area contributed by atoms with Crippen molar-refractivity contribution < 1.29 is 4.79 Å². The number of nitrogens with one attached hydrogen (secondary N) is 2. The van der Waals surface area contributed by atoms with E-state index in [9.17, 15) is 4.79 Å². The van der Waals surface area contributed by atoms with Gasteiger partial charge in [0, 0.05) is 82.5 Å². The lowest BCUT2D eigenvalue weighted by molar-refractivity contribution is -0.122. The second-order valence-electron chi connectivity index (χ2n) is 9.56. The molecule has 7 heterocycles. The molecule has 2 N–H and O–H groups in total. The van der Waals surface area contributed by atoms with Crippen molar-refractivity contribution in [2.45, 2.75) is 13.1 Å². The highest BCUT2D eigenvalue weighted by molar-refractivity contribution is 5.78. The molecule has 1 saturated heterocycles. The summed E-state index contributed by atoms with van der Waals surface area (Å²) in [6.07, 6.45) is 5.50. The molecule has 5 aliphatic rings. The van der Waals surface area contributed by atoms with Gasteiger partial charge >= 0.3 is 0 Å². The van der Waals surface area contributed by atoms with Gasteiger partial charge in [-0.05, 0) is 35.9 Å². The van der Waals surface area contributed by atoms with Crippen molar-refractivity contribution in [1.29, 1.82) is 0 Å². The molecule has 5 aliphatic heterocycles. The highest BCUT2D eigenvalue weighted by Crippen LogP contribution is 2.21. The number of pyridine rings is 1. The molecule has 9 heteroatoms. The summed E-state index contributed by atoms with van der Waals surface area (Å²) in [7, 11) is 0. The lowest BCUT2D eigenvalue weighted by Gasteiger charge is -2.34. The average molecular weight is 499 g/mol. The summed E-state index contributed by atoms with van der Waals surface area (Å²) in [5, 5.41) is 6.44. The van der Waals surface area contributed by atoms with E-state index in [1.807, 2.05) is 36.5 Å². The number of nitrogens with zero attached hydrogens (tertiary/aromatic N) is 6. The minimum atomic E-state index is 0.0782. The first-order valence-electron chi connectivity index (χ1n) is 12.8. The zero-order chi connectivity index (χ0) is 25.5. The second kappa shape index (κ2) is 12.1. The van der Waals surface area contributed by atoms with Crippen molar-refractivity contribution in [3.05, 3.63) is 78.8 Å². The van der Waals surface area contributed by atoms with Crippen LogP contribution in [0.2, 0.25) is 0 Å². The standard InChI is InChI=1S/C28H34N8O/c1-2-11-34-12-10-29-27(37)21-36-15-13-35(14-16-36)19-22-4-3-5-24(17-22)32-28-30-9-8-26(33-28)23-6-7-25(20-34)31-18-23/h2-9,17-18H,1,10-16,19-21H2,(H,29,37)(H,30,32,33). The normalized spacial score (nSPS) is 21.1. The molecule has 0 saturated carbocycles. The Morgan fingerprint density at radius 3 is 2.57 bits per heavy atom. The van der Waals surface area contributed by atoms with Crippen LogP contribution in [0.3, 0.4) is 0 Å². The van der Waals surface area contributed by atoms with E-state index in [0.29, 0.717) is 25.6 Å². The van der Waals surface area contributed by atoms with E-state index >= 15 is 0 Å². The number of aromatic nitrogens is 3. The van der Waals surface area contributed by atoms with Gasteiger partial charge in [0.1, 0.15) is 0 Å². The lowest BCUT2D eigenvalue weighted by atomic mass is 10.1. The number of rotatable bonds is 2. The molecule has 8 bridgehead atoms. The summed E-state index contributed by atoms with van der Waals surface area (Å²) in [4.78, 5) is 33.3. The third-order valence-electron chi connectivity index (χ3n) is 6.72. The van der Waals surface area contributed by atoms with Crippen molar-refractivity contribution >= 4 is 17.5 Å². The molecule has 1 fully saturated rings. The van der Waals surface area contributed by atoms with Gasteiger partial charge in [-0.1, -0.05) is 18.2 Å². The maximum atomic E-state index is 12.6. The molecule has 3 aromatic rings. The molecule has 0 spiro atoms. The average Bonchev–Trinajstić information content (AvgIpc) is 2.90. The van der Waals surface area contributed by atoms with Crippen molar-refractivity contribution in [3.63, 3.8) is 0 Å². The summed E-state index contributed by atoms with van der Waals surface area (Å²) in [6.45, 7) is 11.6. The summed E-state index contributed by atoms with van der Waals surface area (Å²) >= 11 is 0. The predicted octanol–water partition coefficient (Wildman–Crippen LogP) is 2.52. The third-order valence-corrected chi connectivity index (χ3v) is 6.72. The van der Waals surface area contributed by atoms with Gasteiger partial charge in [0.15, 0.2) is 0 Å². The Bertz CT molecular complexity index is 1210. The van der Waals surface area contributed by atoms with Gasteiger partial charge in [0.25, 0.3) is 0 Å². The lowest BCUT2D eigenvalue weighted by Crippen LogP contribution is -2.49. The Labute approximate surface area is 218 Å². The number of piperazine rings is 1. The SMILES string of the molecule is C=CCN1CCNC(=O)CN2CCN(CC2)Cc2cccc(c2)Nc2nccc(n2)-c2ccc(nc2)C1. The topological polar surface area (TPSA) is 89.5 Å². The highest BCUT2D eigenvalue weighted by atomic mass is 16.2. The van der Waals surface area contributed by atoms with Crippen LogP contribution in [0.15, 0.2) is 67.5 Å². The highest BCUT2D eigenvalue weighted by Gasteiger charge is 2.19. The van der Waals surface area contributed by atoms with E-state index in [1.54, 1.807) is 6.20 Å². The molecule has 8 rings (SSSR count). The largest absolute Gasteiger partial charge is 0.354 e. The van der Waals surface area contributed by atoms with Crippen LogP contribution in [-0.2, 0) is 17.9 Å². The summed E-state index contributed by atoms with van der Waals surface area (Å²) < 4.78 is 0. The fourth-order valence-electron chi connectivity index (χ4n) is 4.75. The fourth-order valence-corrected chi connectivity index (χ4v) is 4.75. The van der Waals surface area contributed by atoms with Crippen molar-refractivity contribution in [2.75, 3.05) is 57.7 Å². The van der Waals surface area contributed by atoms with E-state index in [1.165, 1.54) is 5.56 Å². The summed E-state index contributed by atoms with van der Waals surface area (Å²) in [6, 6.07) is 14.3. The summed E-state index contributed by atoms with van der Waals surface area (Å²) in [5.74, 6) is 0.634. The van der Waals surface area contributed by atoms with Crippen molar-refractivity contribution in [1.82, 2.24) is 35.0 Å². The van der Waals surface area contributed by atoms with Gasteiger partial charge < -0.3 is 10.6 Å². The van der Waals surface area contributed by atoms with Gasteiger partial charge in [-0.15, -0.1) is 6.58 Å². The third kappa shape index (κ3) is 6.97. The Morgan fingerprint density at radius 2 is 1.78 bits per heavy atom. The van der Waals surface area contributed by atoms with Gasteiger partial charge in [-0.2, -0.15) is 0 Å². The zero-order valence-corrected chi connectivity index (χ0v) is 21.1. The smallest absolute Gasteiger partial charge is 0.234 e. The zero-order valence-electron chi connectivity index (χ0n) is 21.1. The molecule has 0 radical (unpaired) electrons. The minimum absolute atomic E-state index is 0.0782. The van der Waals surface area contributed by atoms with Gasteiger partial charge in [-0.25, -0.2) is 9.97 Å². The fraction of sp³-hybridized carbons (Fsp3) is 0.357. The Hall–Kier alpha value is -3.66. The van der Waals surface area contributed by atoms with E-state index in [2.05, 4.69) is 60.1 Å².